The first kappa shape index (κ1) is 18.5. The van der Waals surface area contributed by atoms with Crippen LogP contribution in [0, 0.1) is 0 Å². The van der Waals surface area contributed by atoms with Crippen molar-refractivity contribution in [3.8, 4) is 0 Å². The quantitative estimate of drug-likeness (QED) is 0.476. The minimum Gasteiger partial charge on any atom is -0.463 e. The maximum absolute atomic E-state index is 12.0. The molecule has 0 unspecified atom stereocenters. The molecular weight excluding hydrogens is 324 g/mol. The van der Waals surface area contributed by atoms with Crippen LogP contribution in [0.1, 0.15) is 43.1 Å². The number of benzene rings is 1. The Bertz CT molecular complexity index is 807. The summed E-state index contributed by atoms with van der Waals surface area (Å²) in [5, 5.41) is 3.29. The van der Waals surface area contributed by atoms with Crippen molar-refractivity contribution in [3.63, 3.8) is 0 Å². The predicted octanol–water partition coefficient (Wildman–Crippen LogP) is 2.94. The number of Topliss-reactive ketones (excluding diaryl/α,β-unsaturated/α-hetero) is 1. The number of esters is 1. The van der Waals surface area contributed by atoms with E-state index in [1.54, 1.807) is 12.1 Å². The van der Waals surface area contributed by atoms with Crippen LogP contribution in [0.3, 0.4) is 0 Å². The summed E-state index contributed by atoms with van der Waals surface area (Å²) >= 11 is 0. The second-order valence-electron chi connectivity index (χ2n) is 6.22. The number of aromatic amines is 1. The number of methoxy groups -OCH3 is 1. The molecule has 2 rings (SSSR count). The molecule has 0 fully saturated rings. The summed E-state index contributed by atoms with van der Waals surface area (Å²) in [6, 6.07) is 5.29. The molecule has 0 spiro atoms. The SMILES string of the molecule is CCC(C)(C)OC(=O)NCc1cccc2c(C(=O)C(=O)OC)c[nH]c12. The third kappa shape index (κ3) is 4.17. The molecule has 7 nitrogen and oxygen atoms in total. The van der Waals surface area contributed by atoms with Gasteiger partial charge in [0.2, 0.25) is 0 Å². The van der Waals surface area contributed by atoms with Crippen molar-refractivity contribution < 1.29 is 23.9 Å². The molecule has 0 atom stereocenters. The molecule has 134 valence electrons. The van der Waals surface area contributed by atoms with Gasteiger partial charge in [-0.3, -0.25) is 4.79 Å². The second-order valence-corrected chi connectivity index (χ2v) is 6.22. The van der Waals surface area contributed by atoms with Crippen LogP contribution in [0.5, 0.6) is 0 Å². The largest absolute Gasteiger partial charge is 0.463 e. The Labute approximate surface area is 145 Å². The highest BCUT2D eigenvalue weighted by Crippen LogP contribution is 2.23. The summed E-state index contributed by atoms with van der Waals surface area (Å²) in [7, 11) is 1.16. The topological polar surface area (TPSA) is 97.5 Å². The highest BCUT2D eigenvalue weighted by atomic mass is 16.6. The van der Waals surface area contributed by atoms with E-state index in [1.807, 2.05) is 26.8 Å². The van der Waals surface area contributed by atoms with Crippen molar-refractivity contribution in [2.24, 2.45) is 0 Å². The van der Waals surface area contributed by atoms with Gasteiger partial charge < -0.3 is 19.8 Å². The number of para-hydroxylation sites is 1. The van der Waals surface area contributed by atoms with E-state index in [4.69, 9.17) is 4.74 Å². The lowest BCUT2D eigenvalue weighted by atomic mass is 10.1. The van der Waals surface area contributed by atoms with Gasteiger partial charge in [-0.15, -0.1) is 0 Å². The number of carbonyl (C=O) groups is 3. The number of hydrogen-bond donors (Lipinski definition) is 2. The monoisotopic (exact) mass is 346 g/mol. The zero-order valence-electron chi connectivity index (χ0n) is 14.8. The molecule has 0 radical (unpaired) electrons. The van der Waals surface area contributed by atoms with E-state index in [-0.39, 0.29) is 12.1 Å². The second kappa shape index (κ2) is 7.38. The Morgan fingerprint density at radius 2 is 1.96 bits per heavy atom. The van der Waals surface area contributed by atoms with Gasteiger partial charge in [-0.1, -0.05) is 25.1 Å². The van der Waals surface area contributed by atoms with E-state index in [1.165, 1.54) is 6.20 Å². The van der Waals surface area contributed by atoms with E-state index in [0.717, 1.165) is 12.7 Å². The summed E-state index contributed by atoms with van der Waals surface area (Å²) in [5.41, 5.74) is 1.14. The Kier molecular flexibility index (Phi) is 5.46. The Morgan fingerprint density at radius 1 is 1.24 bits per heavy atom. The molecule has 2 N–H and O–H groups in total. The van der Waals surface area contributed by atoms with Crippen LogP contribution in [0.4, 0.5) is 4.79 Å². The average molecular weight is 346 g/mol. The highest BCUT2D eigenvalue weighted by molar-refractivity contribution is 6.43. The number of rotatable bonds is 6. The number of ether oxygens (including phenoxy) is 2. The van der Waals surface area contributed by atoms with Gasteiger partial charge in [-0.05, 0) is 25.8 Å². The molecule has 0 aliphatic rings. The fourth-order valence-corrected chi connectivity index (χ4v) is 2.28. The number of amides is 1. The third-order valence-corrected chi connectivity index (χ3v) is 4.06. The van der Waals surface area contributed by atoms with E-state index in [0.29, 0.717) is 17.3 Å². The number of nitrogens with one attached hydrogen (secondary N) is 2. The third-order valence-electron chi connectivity index (χ3n) is 4.06. The van der Waals surface area contributed by atoms with Gasteiger partial charge in [-0.2, -0.15) is 0 Å². The molecule has 0 bridgehead atoms. The van der Waals surface area contributed by atoms with Crippen molar-refractivity contribution in [2.45, 2.75) is 39.3 Å². The molecule has 25 heavy (non-hydrogen) atoms. The summed E-state index contributed by atoms with van der Waals surface area (Å²) in [4.78, 5) is 38.4. The minimum atomic E-state index is -0.921. The standard InChI is InChI=1S/C18H22N2O5/c1-5-18(2,3)25-17(23)20-9-11-7-6-8-12-13(10-19-14(11)12)15(21)16(22)24-4/h6-8,10,19H,5,9H2,1-4H3,(H,20,23). The molecule has 0 aliphatic carbocycles. The lowest BCUT2D eigenvalue weighted by Crippen LogP contribution is -2.33. The lowest BCUT2D eigenvalue weighted by Gasteiger charge is -2.23. The maximum Gasteiger partial charge on any atom is 0.407 e. The minimum absolute atomic E-state index is 0.225. The van der Waals surface area contributed by atoms with E-state index in [2.05, 4.69) is 15.0 Å². The molecule has 0 saturated carbocycles. The molecule has 1 aromatic heterocycles. The van der Waals surface area contributed by atoms with Gasteiger partial charge in [-0.25, -0.2) is 9.59 Å². The van der Waals surface area contributed by atoms with Crippen LogP contribution >= 0.6 is 0 Å². The molecule has 1 amide bonds. The normalized spacial score (nSPS) is 11.2. The van der Waals surface area contributed by atoms with Crippen LogP contribution in [-0.2, 0) is 20.8 Å². The van der Waals surface area contributed by atoms with Crippen molar-refractivity contribution >= 4 is 28.7 Å². The predicted molar refractivity (Wildman–Crippen MR) is 92.3 cm³/mol. The summed E-state index contributed by atoms with van der Waals surface area (Å²) in [5.74, 6) is -1.64. The Morgan fingerprint density at radius 3 is 2.60 bits per heavy atom. The van der Waals surface area contributed by atoms with E-state index < -0.39 is 23.4 Å². The summed E-state index contributed by atoms with van der Waals surface area (Å²) < 4.78 is 9.81. The maximum atomic E-state index is 12.0. The smallest absolute Gasteiger partial charge is 0.407 e. The summed E-state index contributed by atoms with van der Waals surface area (Å²) in [6.07, 6.45) is 1.65. The molecular formula is C18H22N2O5. The summed E-state index contributed by atoms with van der Waals surface area (Å²) in [6.45, 7) is 5.83. The van der Waals surface area contributed by atoms with Crippen LogP contribution in [0.15, 0.2) is 24.4 Å². The van der Waals surface area contributed by atoms with Gasteiger partial charge >= 0.3 is 12.1 Å². The van der Waals surface area contributed by atoms with E-state index >= 15 is 0 Å². The Hall–Kier alpha value is -2.83. The van der Waals surface area contributed by atoms with Gasteiger partial charge in [0.25, 0.3) is 5.78 Å². The molecule has 2 aromatic rings. The number of aromatic nitrogens is 1. The number of hydrogen-bond acceptors (Lipinski definition) is 5. The van der Waals surface area contributed by atoms with Gasteiger partial charge in [0.15, 0.2) is 0 Å². The molecule has 0 saturated heterocycles. The number of fused-ring (bicyclic) bond motifs is 1. The average Bonchev–Trinajstić information content (AvgIpc) is 3.02. The number of ketones is 1. The molecule has 0 aliphatic heterocycles. The molecule has 1 heterocycles. The van der Waals surface area contributed by atoms with Gasteiger partial charge in [0.1, 0.15) is 5.60 Å². The van der Waals surface area contributed by atoms with E-state index in [9.17, 15) is 14.4 Å². The first-order chi connectivity index (χ1) is 11.8. The lowest BCUT2D eigenvalue weighted by molar-refractivity contribution is -0.135. The van der Waals surface area contributed by atoms with Crippen molar-refractivity contribution in [1.82, 2.24) is 10.3 Å². The van der Waals surface area contributed by atoms with Crippen LogP contribution in [-0.4, -0.2) is 35.5 Å². The Balaban J connectivity index is 2.18. The van der Waals surface area contributed by atoms with Crippen LogP contribution < -0.4 is 5.32 Å². The van der Waals surface area contributed by atoms with Crippen LogP contribution in [0.2, 0.25) is 0 Å². The van der Waals surface area contributed by atoms with Crippen molar-refractivity contribution in [1.29, 1.82) is 0 Å². The van der Waals surface area contributed by atoms with Gasteiger partial charge in [0, 0.05) is 18.1 Å². The number of H-pyrrole nitrogens is 1. The molecule has 1 aromatic carbocycles. The fourth-order valence-electron chi connectivity index (χ4n) is 2.28. The van der Waals surface area contributed by atoms with Crippen molar-refractivity contribution in [3.05, 3.63) is 35.5 Å². The zero-order valence-corrected chi connectivity index (χ0v) is 14.8. The first-order valence-corrected chi connectivity index (χ1v) is 7.97. The van der Waals surface area contributed by atoms with Crippen LogP contribution in [0.25, 0.3) is 10.9 Å². The number of alkyl carbamates (subject to hydrolysis) is 1. The van der Waals surface area contributed by atoms with Gasteiger partial charge in [0.05, 0.1) is 18.2 Å². The van der Waals surface area contributed by atoms with Crippen molar-refractivity contribution in [2.75, 3.05) is 7.11 Å². The highest BCUT2D eigenvalue weighted by Gasteiger charge is 2.22. The fraction of sp³-hybridized carbons (Fsp3) is 0.389. The number of carbonyl (C=O) groups excluding carboxylic acids is 3. The molecule has 7 heteroatoms. The first-order valence-electron chi connectivity index (χ1n) is 7.97. The zero-order chi connectivity index (χ0) is 18.6.